The Morgan fingerprint density at radius 1 is 1.00 bits per heavy atom. The Morgan fingerprint density at radius 3 is 2.37 bits per heavy atom. The minimum Gasteiger partial charge on any atom is -0.484 e. The van der Waals surface area contributed by atoms with Crippen LogP contribution >= 0.6 is 15.9 Å². The molecule has 1 N–H and O–H groups in total. The molecule has 0 bridgehead atoms. The maximum atomic E-state index is 12.0. The first kappa shape index (κ1) is 19.4. The van der Waals surface area contributed by atoms with Crippen LogP contribution < -0.4 is 10.1 Å². The molecule has 0 radical (unpaired) electrons. The van der Waals surface area contributed by atoms with Crippen LogP contribution in [0.2, 0.25) is 0 Å². The SMILES string of the molecule is CS(=O)(=O)c1ccc(CNC(=O)COc2ccc3cc(Br)ccc3c2)cc1. The molecule has 3 rings (SSSR count). The van der Waals surface area contributed by atoms with Gasteiger partial charge in [-0.3, -0.25) is 4.79 Å². The number of hydrogen-bond donors (Lipinski definition) is 1. The number of sulfone groups is 1. The molecule has 3 aromatic rings. The van der Waals surface area contributed by atoms with Crippen LogP contribution in [-0.4, -0.2) is 27.2 Å². The summed E-state index contributed by atoms with van der Waals surface area (Å²) in [6.07, 6.45) is 1.16. The van der Waals surface area contributed by atoms with Crippen LogP contribution in [0, 0.1) is 0 Å². The van der Waals surface area contributed by atoms with Gasteiger partial charge in [0.25, 0.3) is 5.91 Å². The van der Waals surface area contributed by atoms with E-state index in [9.17, 15) is 13.2 Å². The Labute approximate surface area is 166 Å². The van der Waals surface area contributed by atoms with Crippen molar-refractivity contribution >= 4 is 42.4 Å². The predicted molar refractivity (Wildman–Crippen MR) is 109 cm³/mol. The highest BCUT2D eigenvalue weighted by Gasteiger charge is 2.07. The normalized spacial score (nSPS) is 11.3. The Hall–Kier alpha value is -2.38. The van der Waals surface area contributed by atoms with Gasteiger partial charge in [-0.15, -0.1) is 0 Å². The maximum Gasteiger partial charge on any atom is 0.258 e. The van der Waals surface area contributed by atoms with Gasteiger partial charge in [-0.25, -0.2) is 8.42 Å². The van der Waals surface area contributed by atoms with Crippen LogP contribution in [0.3, 0.4) is 0 Å². The molecule has 0 saturated carbocycles. The summed E-state index contributed by atoms with van der Waals surface area (Å²) in [6.45, 7) is 0.210. The van der Waals surface area contributed by atoms with Crippen molar-refractivity contribution in [2.45, 2.75) is 11.4 Å². The van der Waals surface area contributed by atoms with Crippen molar-refractivity contribution in [3.05, 3.63) is 70.7 Å². The summed E-state index contributed by atoms with van der Waals surface area (Å²) in [5.74, 6) is 0.371. The van der Waals surface area contributed by atoms with Crippen LogP contribution in [0.15, 0.2) is 70.0 Å². The Balaban J connectivity index is 1.53. The molecule has 0 heterocycles. The van der Waals surface area contributed by atoms with E-state index in [1.807, 2.05) is 36.4 Å². The number of carbonyl (C=O) groups is 1. The van der Waals surface area contributed by atoms with Gasteiger partial charge in [-0.1, -0.05) is 40.2 Å². The molecule has 0 aliphatic heterocycles. The molecule has 5 nitrogen and oxygen atoms in total. The number of nitrogens with one attached hydrogen (secondary N) is 1. The van der Waals surface area contributed by atoms with Gasteiger partial charge in [0.1, 0.15) is 5.75 Å². The van der Waals surface area contributed by atoms with Gasteiger partial charge < -0.3 is 10.1 Å². The summed E-state index contributed by atoms with van der Waals surface area (Å²) >= 11 is 3.44. The standard InChI is InChI=1S/C20H18BrNO4S/c1-27(24,25)19-8-2-14(3-9-19)12-22-20(23)13-26-18-7-5-15-10-17(21)6-4-16(15)11-18/h2-11H,12-13H2,1H3,(H,22,23). The zero-order chi connectivity index (χ0) is 19.4. The van der Waals surface area contributed by atoms with Gasteiger partial charge in [0.15, 0.2) is 16.4 Å². The van der Waals surface area contributed by atoms with Crippen LogP contribution in [0.1, 0.15) is 5.56 Å². The molecule has 0 fully saturated rings. The molecule has 7 heteroatoms. The lowest BCUT2D eigenvalue weighted by molar-refractivity contribution is -0.123. The van der Waals surface area contributed by atoms with Gasteiger partial charge >= 0.3 is 0 Å². The lowest BCUT2D eigenvalue weighted by Gasteiger charge is -2.09. The van der Waals surface area contributed by atoms with Gasteiger partial charge in [-0.2, -0.15) is 0 Å². The molecule has 140 valence electrons. The number of halogens is 1. The van der Waals surface area contributed by atoms with E-state index in [0.717, 1.165) is 27.1 Å². The van der Waals surface area contributed by atoms with E-state index in [0.29, 0.717) is 12.3 Å². The number of benzene rings is 3. The second-order valence-corrected chi connectivity index (χ2v) is 9.07. The number of fused-ring (bicyclic) bond motifs is 1. The van der Waals surface area contributed by atoms with E-state index in [4.69, 9.17) is 4.74 Å². The summed E-state index contributed by atoms with van der Waals surface area (Å²) in [4.78, 5) is 12.2. The van der Waals surface area contributed by atoms with E-state index in [-0.39, 0.29) is 17.4 Å². The van der Waals surface area contributed by atoms with Crippen molar-refractivity contribution in [1.82, 2.24) is 5.32 Å². The molecule has 0 atom stereocenters. The molecule has 0 unspecified atom stereocenters. The van der Waals surface area contributed by atoms with E-state index in [1.165, 1.54) is 12.1 Å². The molecule has 1 amide bonds. The average molecular weight is 448 g/mol. The number of hydrogen-bond acceptors (Lipinski definition) is 4. The number of ether oxygens (including phenoxy) is 1. The lowest BCUT2D eigenvalue weighted by Crippen LogP contribution is -2.28. The third-order valence-corrected chi connectivity index (χ3v) is 5.61. The molecule has 3 aromatic carbocycles. The van der Waals surface area contributed by atoms with Crippen molar-refractivity contribution in [1.29, 1.82) is 0 Å². The predicted octanol–water partition coefficient (Wildman–Crippen LogP) is 3.70. The number of carbonyl (C=O) groups excluding carboxylic acids is 1. The fourth-order valence-corrected chi connectivity index (χ4v) is 3.55. The van der Waals surface area contributed by atoms with Crippen LogP contribution in [0.4, 0.5) is 0 Å². The molecular formula is C20H18BrNO4S. The summed E-state index contributed by atoms with van der Waals surface area (Å²) in [5.41, 5.74) is 0.812. The third-order valence-electron chi connectivity index (χ3n) is 3.98. The van der Waals surface area contributed by atoms with Crippen molar-refractivity contribution < 1.29 is 17.9 Å². The van der Waals surface area contributed by atoms with Gasteiger partial charge in [0.05, 0.1) is 4.90 Å². The highest BCUT2D eigenvalue weighted by atomic mass is 79.9. The van der Waals surface area contributed by atoms with E-state index >= 15 is 0 Å². The maximum absolute atomic E-state index is 12.0. The number of amides is 1. The Kier molecular flexibility index (Phi) is 5.82. The molecule has 27 heavy (non-hydrogen) atoms. The highest BCUT2D eigenvalue weighted by molar-refractivity contribution is 9.10. The second-order valence-electron chi connectivity index (χ2n) is 6.13. The molecule has 0 aliphatic rings. The first-order chi connectivity index (χ1) is 12.8. The molecular weight excluding hydrogens is 430 g/mol. The van der Waals surface area contributed by atoms with E-state index < -0.39 is 9.84 Å². The quantitative estimate of drug-likeness (QED) is 0.624. The molecule has 0 spiro atoms. The topological polar surface area (TPSA) is 72.5 Å². The molecule has 0 aromatic heterocycles. The minimum absolute atomic E-state index is 0.0938. The molecule has 0 aliphatic carbocycles. The largest absolute Gasteiger partial charge is 0.484 e. The Bertz CT molecular complexity index is 1080. The van der Waals surface area contributed by atoms with Crippen LogP contribution in [0.5, 0.6) is 5.75 Å². The van der Waals surface area contributed by atoms with E-state index in [1.54, 1.807) is 12.1 Å². The van der Waals surface area contributed by atoms with Gasteiger partial charge in [0, 0.05) is 17.3 Å². The zero-order valence-corrected chi connectivity index (χ0v) is 17.0. The average Bonchev–Trinajstić information content (AvgIpc) is 2.64. The van der Waals surface area contributed by atoms with Crippen LogP contribution in [0.25, 0.3) is 10.8 Å². The smallest absolute Gasteiger partial charge is 0.258 e. The number of rotatable bonds is 6. The second kappa shape index (κ2) is 8.10. The van der Waals surface area contributed by atoms with Crippen molar-refractivity contribution in [3.8, 4) is 5.75 Å². The lowest BCUT2D eigenvalue weighted by atomic mass is 10.1. The van der Waals surface area contributed by atoms with Crippen molar-refractivity contribution in [2.75, 3.05) is 12.9 Å². The van der Waals surface area contributed by atoms with E-state index in [2.05, 4.69) is 21.2 Å². The third kappa shape index (κ3) is 5.30. The fraction of sp³-hybridized carbons (Fsp3) is 0.150. The van der Waals surface area contributed by atoms with Crippen molar-refractivity contribution in [2.24, 2.45) is 0 Å². The minimum atomic E-state index is -3.22. The summed E-state index contributed by atoms with van der Waals surface area (Å²) in [5, 5.41) is 4.86. The molecule has 0 saturated heterocycles. The summed E-state index contributed by atoms with van der Waals surface area (Å²) < 4.78 is 29.4. The summed E-state index contributed by atoms with van der Waals surface area (Å²) in [6, 6.07) is 18.0. The fourth-order valence-electron chi connectivity index (χ4n) is 2.54. The zero-order valence-electron chi connectivity index (χ0n) is 14.6. The Morgan fingerprint density at radius 2 is 1.67 bits per heavy atom. The summed E-state index contributed by atoms with van der Waals surface area (Å²) in [7, 11) is -3.22. The first-order valence-corrected chi connectivity index (χ1v) is 10.9. The van der Waals surface area contributed by atoms with Gasteiger partial charge in [0.2, 0.25) is 0 Å². The van der Waals surface area contributed by atoms with Gasteiger partial charge in [-0.05, 0) is 52.7 Å². The highest BCUT2D eigenvalue weighted by Crippen LogP contribution is 2.24. The monoisotopic (exact) mass is 447 g/mol. The van der Waals surface area contributed by atoms with Crippen molar-refractivity contribution in [3.63, 3.8) is 0 Å². The first-order valence-electron chi connectivity index (χ1n) is 8.19. The van der Waals surface area contributed by atoms with Crippen LogP contribution in [-0.2, 0) is 21.2 Å².